The summed E-state index contributed by atoms with van der Waals surface area (Å²) >= 11 is 0. The van der Waals surface area contributed by atoms with Crippen LogP contribution in [0.25, 0.3) is 0 Å². The monoisotopic (exact) mass is 313 g/mol. The summed E-state index contributed by atoms with van der Waals surface area (Å²) in [5.41, 5.74) is 0.413. The number of rotatable bonds is 2. The minimum Gasteiger partial charge on any atom is -0.306 e. The van der Waals surface area contributed by atoms with E-state index < -0.39 is 11.7 Å². The third-order valence-corrected chi connectivity index (χ3v) is 4.91. The maximum Gasteiger partial charge on any atom is 0.417 e. The molecular weight excluding hydrogens is 291 g/mol. The predicted octanol–water partition coefficient (Wildman–Crippen LogP) is 3.02. The molecule has 3 heterocycles. The molecule has 0 radical (unpaired) electrons. The van der Waals surface area contributed by atoms with Gasteiger partial charge >= 0.3 is 6.18 Å². The number of pyridine rings is 1. The third kappa shape index (κ3) is 3.43. The summed E-state index contributed by atoms with van der Waals surface area (Å²) in [6.45, 7) is 4.98. The largest absolute Gasteiger partial charge is 0.417 e. The zero-order valence-electron chi connectivity index (χ0n) is 12.9. The number of hydrogen-bond donors (Lipinski definition) is 0. The van der Waals surface area contributed by atoms with E-state index in [-0.39, 0.29) is 0 Å². The lowest BCUT2D eigenvalue weighted by Crippen LogP contribution is -2.42. The molecule has 122 valence electrons. The van der Waals surface area contributed by atoms with Crippen LogP contribution in [0.3, 0.4) is 0 Å². The van der Waals surface area contributed by atoms with Crippen LogP contribution in [0.2, 0.25) is 0 Å². The molecule has 6 heteroatoms. The molecule has 0 amide bonds. The summed E-state index contributed by atoms with van der Waals surface area (Å²) in [5.74, 6) is 0. The molecule has 2 aliphatic rings. The Morgan fingerprint density at radius 3 is 2.64 bits per heavy atom. The fourth-order valence-electron chi connectivity index (χ4n) is 3.87. The predicted molar refractivity (Wildman–Crippen MR) is 78.3 cm³/mol. The van der Waals surface area contributed by atoms with Gasteiger partial charge in [0.15, 0.2) is 0 Å². The van der Waals surface area contributed by atoms with Gasteiger partial charge < -0.3 is 4.90 Å². The molecule has 1 aromatic rings. The zero-order chi connectivity index (χ0) is 15.8. The lowest BCUT2D eigenvalue weighted by molar-refractivity contribution is -0.137. The smallest absolute Gasteiger partial charge is 0.306 e. The van der Waals surface area contributed by atoms with Crippen molar-refractivity contribution in [2.24, 2.45) is 5.41 Å². The summed E-state index contributed by atoms with van der Waals surface area (Å²) in [6, 6.07) is 2.63. The second-order valence-electron chi connectivity index (χ2n) is 6.84. The van der Waals surface area contributed by atoms with Gasteiger partial charge in [-0.25, -0.2) is 0 Å². The fraction of sp³-hybridized carbons (Fsp3) is 0.688. The molecule has 1 unspecified atom stereocenters. The summed E-state index contributed by atoms with van der Waals surface area (Å²) in [4.78, 5) is 8.71. The number of alkyl halides is 3. The van der Waals surface area contributed by atoms with Gasteiger partial charge in [-0.3, -0.25) is 9.88 Å². The molecule has 0 bridgehead atoms. The van der Waals surface area contributed by atoms with Crippen LogP contribution in [-0.2, 0) is 12.7 Å². The maximum absolute atomic E-state index is 12.5. The van der Waals surface area contributed by atoms with Crippen LogP contribution in [0.5, 0.6) is 0 Å². The Kier molecular flexibility index (Phi) is 4.16. The SMILES string of the molecule is CN1CCCC2(CCN(Cc3ccc(C(F)(F)F)cn3)C2)C1. The number of hydrogen-bond acceptors (Lipinski definition) is 3. The van der Waals surface area contributed by atoms with Crippen molar-refractivity contribution < 1.29 is 13.2 Å². The highest BCUT2D eigenvalue weighted by atomic mass is 19.4. The number of piperidine rings is 1. The Morgan fingerprint density at radius 2 is 2.00 bits per heavy atom. The molecular formula is C16H22F3N3. The maximum atomic E-state index is 12.5. The van der Waals surface area contributed by atoms with Crippen molar-refractivity contribution in [1.29, 1.82) is 0 Å². The van der Waals surface area contributed by atoms with E-state index in [4.69, 9.17) is 0 Å². The van der Waals surface area contributed by atoms with E-state index in [2.05, 4.69) is 21.8 Å². The molecule has 0 aliphatic carbocycles. The summed E-state index contributed by atoms with van der Waals surface area (Å²) in [7, 11) is 2.17. The van der Waals surface area contributed by atoms with Crippen molar-refractivity contribution in [3.63, 3.8) is 0 Å². The van der Waals surface area contributed by atoms with E-state index in [0.717, 1.165) is 31.9 Å². The van der Waals surface area contributed by atoms with E-state index in [1.54, 1.807) is 0 Å². The highest BCUT2D eigenvalue weighted by Crippen LogP contribution is 2.39. The van der Waals surface area contributed by atoms with Gasteiger partial charge in [0.05, 0.1) is 11.3 Å². The third-order valence-electron chi connectivity index (χ3n) is 4.91. The molecule has 2 fully saturated rings. The van der Waals surface area contributed by atoms with E-state index in [1.165, 1.54) is 31.9 Å². The molecule has 0 saturated carbocycles. The molecule has 3 rings (SSSR count). The molecule has 1 aromatic heterocycles. The Balaban J connectivity index is 1.60. The van der Waals surface area contributed by atoms with Crippen LogP contribution in [0, 0.1) is 5.41 Å². The van der Waals surface area contributed by atoms with Gasteiger partial charge in [-0.2, -0.15) is 13.2 Å². The minimum atomic E-state index is -4.31. The summed E-state index contributed by atoms with van der Waals surface area (Å²) in [5, 5.41) is 0. The molecule has 1 spiro atoms. The van der Waals surface area contributed by atoms with Gasteiger partial charge in [0, 0.05) is 25.8 Å². The first-order chi connectivity index (χ1) is 10.4. The van der Waals surface area contributed by atoms with Crippen molar-refractivity contribution in [2.45, 2.75) is 32.0 Å². The van der Waals surface area contributed by atoms with Gasteiger partial charge in [0.2, 0.25) is 0 Å². The van der Waals surface area contributed by atoms with E-state index in [0.29, 0.717) is 17.7 Å². The second kappa shape index (κ2) is 5.81. The fourth-order valence-corrected chi connectivity index (χ4v) is 3.87. The molecule has 2 saturated heterocycles. The Labute approximate surface area is 129 Å². The van der Waals surface area contributed by atoms with E-state index >= 15 is 0 Å². The van der Waals surface area contributed by atoms with Crippen molar-refractivity contribution in [1.82, 2.24) is 14.8 Å². The van der Waals surface area contributed by atoms with Crippen LogP contribution in [-0.4, -0.2) is 48.0 Å². The highest BCUT2D eigenvalue weighted by Gasteiger charge is 2.40. The highest BCUT2D eigenvalue weighted by molar-refractivity contribution is 5.17. The Hall–Kier alpha value is -1.14. The molecule has 3 nitrogen and oxygen atoms in total. The quantitative estimate of drug-likeness (QED) is 0.837. The average molecular weight is 313 g/mol. The average Bonchev–Trinajstić information content (AvgIpc) is 2.80. The van der Waals surface area contributed by atoms with Crippen LogP contribution in [0.15, 0.2) is 18.3 Å². The lowest BCUT2D eigenvalue weighted by atomic mass is 9.79. The topological polar surface area (TPSA) is 19.4 Å². The summed E-state index contributed by atoms with van der Waals surface area (Å²) < 4.78 is 37.6. The van der Waals surface area contributed by atoms with Gasteiger partial charge in [-0.1, -0.05) is 0 Å². The van der Waals surface area contributed by atoms with Crippen molar-refractivity contribution >= 4 is 0 Å². The summed E-state index contributed by atoms with van der Waals surface area (Å²) in [6.07, 6.45) is 0.306. The van der Waals surface area contributed by atoms with E-state index in [9.17, 15) is 13.2 Å². The minimum absolute atomic E-state index is 0.374. The van der Waals surface area contributed by atoms with Crippen LogP contribution in [0.1, 0.15) is 30.5 Å². The Bertz CT molecular complexity index is 514. The molecule has 0 N–H and O–H groups in total. The lowest BCUT2D eigenvalue weighted by Gasteiger charge is -2.38. The normalized spacial score (nSPS) is 27.6. The van der Waals surface area contributed by atoms with Crippen molar-refractivity contribution in [2.75, 3.05) is 33.2 Å². The number of halogens is 3. The molecule has 0 aromatic carbocycles. The van der Waals surface area contributed by atoms with Crippen LogP contribution >= 0.6 is 0 Å². The first-order valence-corrected chi connectivity index (χ1v) is 7.79. The van der Waals surface area contributed by atoms with Crippen LogP contribution in [0.4, 0.5) is 13.2 Å². The van der Waals surface area contributed by atoms with Gasteiger partial charge in [-0.05, 0) is 56.9 Å². The first kappa shape index (κ1) is 15.7. The molecule has 1 atom stereocenters. The first-order valence-electron chi connectivity index (χ1n) is 7.79. The second-order valence-corrected chi connectivity index (χ2v) is 6.84. The van der Waals surface area contributed by atoms with E-state index in [1.807, 2.05) is 0 Å². The zero-order valence-corrected chi connectivity index (χ0v) is 12.9. The van der Waals surface area contributed by atoms with Gasteiger partial charge in [0.25, 0.3) is 0 Å². The molecule has 2 aliphatic heterocycles. The number of nitrogens with zero attached hydrogens (tertiary/aromatic N) is 3. The van der Waals surface area contributed by atoms with Gasteiger partial charge in [-0.15, -0.1) is 0 Å². The molecule has 22 heavy (non-hydrogen) atoms. The van der Waals surface area contributed by atoms with Gasteiger partial charge in [0.1, 0.15) is 0 Å². The standard InChI is InChI=1S/C16H22F3N3/c1-21-7-2-5-15(11-21)6-8-22(12-15)10-14-4-3-13(9-20-14)16(17,18)19/h3-4,9H,2,5-8,10-12H2,1H3. The van der Waals surface area contributed by atoms with Crippen molar-refractivity contribution in [3.05, 3.63) is 29.6 Å². The van der Waals surface area contributed by atoms with Crippen LogP contribution < -0.4 is 0 Å². The number of likely N-dealkylation sites (tertiary alicyclic amines) is 2. The number of aromatic nitrogens is 1. The Morgan fingerprint density at radius 1 is 1.18 bits per heavy atom. The van der Waals surface area contributed by atoms with Crippen molar-refractivity contribution in [3.8, 4) is 0 Å².